The molecule has 150 valence electrons. The van der Waals surface area contributed by atoms with Crippen LogP contribution < -0.4 is 26.3 Å². The Bertz CT molecular complexity index is 928. The Morgan fingerprint density at radius 2 is 2.07 bits per heavy atom. The molecule has 0 fully saturated rings. The third-order valence-corrected chi connectivity index (χ3v) is 4.03. The first-order valence-corrected chi connectivity index (χ1v) is 8.91. The monoisotopic (exact) mass is 428 g/mol. The van der Waals surface area contributed by atoms with Crippen LogP contribution in [0.25, 0.3) is 0 Å². The maximum absolute atomic E-state index is 12.4. The molecule has 0 aliphatic carbocycles. The molecule has 13 heteroatoms. The molecule has 0 saturated heterocycles. The number of hydrogen-bond acceptors (Lipinski definition) is 11. The van der Waals surface area contributed by atoms with Gasteiger partial charge in [0, 0.05) is 25.9 Å². The van der Waals surface area contributed by atoms with Crippen molar-refractivity contribution < 1.29 is 18.7 Å². The van der Waals surface area contributed by atoms with E-state index >= 15 is 0 Å². The third-order valence-electron chi connectivity index (χ3n) is 3.06. The van der Waals surface area contributed by atoms with Gasteiger partial charge in [0.05, 0.1) is 19.4 Å². The molecule has 0 radical (unpaired) electrons. The van der Waals surface area contributed by atoms with Gasteiger partial charge in [-0.3, -0.25) is 10.1 Å². The summed E-state index contributed by atoms with van der Waals surface area (Å²) in [6, 6.07) is 1.34. The summed E-state index contributed by atoms with van der Waals surface area (Å²) >= 11 is 6.82. The molecular weight excluding hydrogens is 412 g/mol. The number of allylic oxidation sites excluding steroid dienone is 1. The molecular formula is C15H17ClN6O5S. The van der Waals surface area contributed by atoms with Crippen LogP contribution in [0.5, 0.6) is 5.75 Å². The minimum absolute atomic E-state index is 0.0531. The number of carbonyl (C=O) groups excluding carboxylic acids is 1. The van der Waals surface area contributed by atoms with Gasteiger partial charge < -0.3 is 29.9 Å². The summed E-state index contributed by atoms with van der Waals surface area (Å²) in [6.07, 6.45) is 2.31. The molecule has 0 unspecified atom stereocenters. The Morgan fingerprint density at radius 3 is 2.71 bits per heavy atom. The highest BCUT2D eigenvalue weighted by Crippen LogP contribution is 2.24. The van der Waals surface area contributed by atoms with E-state index in [-0.39, 0.29) is 21.8 Å². The van der Waals surface area contributed by atoms with Crippen molar-refractivity contribution in [2.75, 3.05) is 43.3 Å². The fourth-order valence-electron chi connectivity index (χ4n) is 1.91. The molecule has 1 amide bonds. The fourth-order valence-corrected chi connectivity index (χ4v) is 2.77. The maximum Gasteiger partial charge on any atom is 0.381 e. The first-order chi connectivity index (χ1) is 13.5. The number of ether oxygens (including phenoxy) is 2. The van der Waals surface area contributed by atoms with E-state index in [1.165, 1.54) is 26.4 Å². The number of rotatable bonds is 10. The van der Waals surface area contributed by atoms with Crippen molar-refractivity contribution in [3.8, 4) is 5.75 Å². The van der Waals surface area contributed by atoms with Gasteiger partial charge >= 0.3 is 5.63 Å². The van der Waals surface area contributed by atoms with E-state index in [0.29, 0.717) is 24.0 Å². The highest BCUT2D eigenvalue weighted by atomic mass is 35.5. The molecule has 0 bridgehead atoms. The van der Waals surface area contributed by atoms with Crippen molar-refractivity contribution in [3.05, 3.63) is 33.5 Å². The van der Waals surface area contributed by atoms with Crippen LogP contribution in [0.15, 0.2) is 26.5 Å². The Kier molecular flexibility index (Phi) is 7.92. The minimum Gasteiger partial charge on any atom is -0.488 e. The Labute approximate surface area is 168 Å². The van der Waals surface area contributed by atoms with Crippen LogP contribution in [0, 0.1) is 5.41 Å². The van der Waals surface area contributed by atoms with E-state index in [1.807, 2.05) is 0 Å². The zero-order chi connectivity index (χ0) is 20.5. The number of hydrogen-bond donors (Lipinski definition) is 4. The second-order valence-corrected chi connectivity index (χ2v) is 6.32. The second kappa shape index (κ2) is 10.4. The van der Waals surface area contributed by atoms with Gasteiger partial charge in [-0.15, -0.1) is 10.2 Å². The van der Waals surface area contributed by atoms with Crippen molar-refractivity contribution >= 4 is 51.0 Å². The first-order valence-electron chi connectivity index (χ1n) is 7.71. The van der Waals surface area contributed by atoms with Crippen LogP contribution in [0.3, 0.4) is 0 Å². The van der Waals surface area contributed by atoms with Crippen molar-refractivity contribution in [2.24, 2.45) is 0 Å². The zero-order valence-corrected chi connectivity index (χ0v) is 16.4. The van der Waals surface area contributed by atoms with Crippen LogP contribution in [-0.2, 0) is 4.74 Å². The molecule has 2 rings (SSSR count). The van der Waals surface area contributed by atoms with Gasteiger partial charge in [0.2, 0.25) is 16.0 Å². The number of halogens is 1. The topological polar surface area (TPSA) is 151 Å². The Hall–Kier alpha value is -2.96. The largest absolute Gasteiger partial charge is 0.488 e. The average molecular weight is 429 g/mol. The number of nitrogens with one attached hydrogen (secondary N) is 4. The molecule has 2 aromatic rings. The molecule has 0 aliphatic rings. The lowest BCUT2D eigenvalue weighted by Gasteiger charge is -2.10. The predicted octanol–water partition coefficient (Wildman–Crippen LogP) is 1.95. The average Bonchev–Trinajstić information content (AvgIpc) is 3.08. The lowest BCUT2D eigenvalue weighted by molar-refractivity contribution is 0.0991. The van der Waals surface area contributed by atoms with Gasteiger partial charge in [0.15, 0.2) is 5.76 Å². The van der Waals surface area contributed by atoms with Crippen molar-refractivity contribution in [1.82, 2.24) is 10.2 Å². The van der Waals surface area contributed by atoms with E-state index in [4.69, 9.17) is 30.9 Å². The summed E-state index contributed by atoms with van der Waals surface area (Å²) in [6.45, 7) is 0.785. The van der Waals surface area contributed by atoms with Crippen molar-refractivity contribution in [1.29, 1.82) is 5.41 Å². The highest BCUT2D eigenvalue weighted by Gasteiger charge is 2.18. The summed E-state index contributed by atoms with van der Waals surface area (Å²) in [4.78, 5) is 24.4. The Morgan fingerprint density at radius 1 is 1.36 bits per heavy atom. The minimum atomic E-state index is -0.807. The van der Waals surface area contributed by atoms with Gasteiger partial charge in [0.25, 0.3) is 5.91 Å². The molecule has 0 spiro atoms. The SMILES string of the molecule is COCCNc1cc(C(=O)Nc2nnc(N/C(Cl)=C\C=N)s2)oc(=O)c1OC. The third kappa shape index (κ3) is 5.77. The van der Waals surface area contributed by atoms with Crippen molar-refractivity contribution in [2.45, 2.75) is 0 Å². The van der Waals surface area contributed by atoms with Gasteiger partial charge in [-0.05, 0) is 6.08 Å². The normalized spacial score (nSPS) is 11.0. The van der Waals surface area contributed by atoms with E-state index < -0.39 is 11.5 Å². The van der Waals surface area contributed by atoms with Crippen LogP contribution in [0.4, 0.5) is 16.0 Å². The molecule has 11 nitrogen and oxygen atoms in total. The summed E-state index contributed by atoms with van der Waals surface area (Å²) in [7, 11) is 2.86. The van der Waals surface area contributed by atoms with Crippen LogP contribution in [0.2, 0.25) is 0 Å². The zero-order valence-electron chi connectivity index (χ0n) is 14.9. The summed E-state index contributed by atoms with van der Waals surface area (Å²) in [5.74, 6) is -0.988. The van der Waals surface area contributed by atoms with Gasteiger partial charge in [-0.1, -0.05) is 22.9 Å². The number of carbonyl (C=O) groups is 1. The highest BCUT2D eigenvalue weighted by molar-refractivity contribution is 7.19. The smallest absolute Gasteiger partial charge is 0.381 e. The molecule has 0 aliphatic heterocycles. The number of anilines is 3. The van der Waals surface area contributed by atoms with Crippen LogP contribution in [-0.4, -0.2) is 49.7 Å². The Balaban J connectivity index is 2.15. The number of methoxy groups -OCH3 is 2. The number of aromatic nitrogens is 2. The quantitative estimate of drug-likeness (QED) is 0.252. The molecule has 4 N–H and O–H groups in total. The molecule has 28 heavy (non-hydrogen) atoms. The molecule has 0 aromatic carbocycles. The standard InChI is InChI=1S/C15H17ClN6O5S/c1-25-6-5-18-8-7-9(27-13(24)11(8)26-2)12(23)20-15-22-21-14(28-15)19-10(16)3-4-17/h3-4,7,17-18H,5-6H2,1-2H3,(H,19,21)(H,20,22,23)/b10-3-,17-4?. The predicted molar refractivity (Wildman–Crippen MR) is 106 cm³/mol. The van der Waals surface area contributed by atoms with Crippen molar-refractivity contribution in [3.63, 3.8) is 0 Å². The number of amides is 1. The second-order valence-electron chi connectivity index (χ2n) is 4.94. The van der Waals surface area contributed by atoms with E-state index in [9.17, 15) is 9.59 Å². The number of nitrogens with zero attached hydrogens (tertiary/aromatic N) is 2. The van der Waals surface area contributed by atoms with E-state index in [1.54, 1.807) is 0 Å². The molecule has 2 heterocycles. The summed E-state index contributed by atoms with van der Waals surface area (Å²) in [5, 5.41) is 23.3. The van der Waals surface area contributed by atoms with Gasteiger partial charge in [-0.2, -0.15) is 0 Å². The van der Waals surface area contributed by atoms with Gasteiger partial charge in [0.1, 0.15) is 5.16 Å². The summed E-state index contributed by atoms with van der Waals surface area (Å²) < 4.78 is 15.0. The van der Waals surface area contributed by atoms with E-state index in [0.717, 1.165) is 17.6 Å². The first kappa shape index (κ1) is 21.3. The lowest BCUT2D eigenvalue weighted by Crippen LogP contribution is -2.18. The molecule has 0 atom stereocenters. The lowest BCUT2D eigenvalue weighted by atomic mass is 10.3. The fraction of sp³-hybridized carbons (Fsp3) is 0.267. The molecule has 0 saturated carbocycles. The molecule has 2 aromatic heterocycles. The van der Waals surface area contributed by atoms with Gasteiger partial charge in [-0.25, -0.2) is 4.79 Å². The maximum atomic E-state index is 12.4. The summed E-state index contributed by atoms with van der Waals surface area (Å²) in [5.41, 5.74) is -0.512. The van der Waals surface area contributed by atoms with Crippen LogP contribution in [0.1, 0.15) is 10.6 Å². The van der Waals surface area contributed by atoms with Crippen LogP contribution >= 0.6 is 22.9 Å². The van der Waals surface area contributed by atoms with E-state index in [2.05, 4.69) is 26.1 Å².